The van der Waals surface area contributed by atoms with E-state index in [2.05, 4.69) is 6.92 Å². The number of carbonyl (C=O) groups is 1. The molecule has 0 saturated carbocycles. The molecule has 0 saturated heterocycles. The van der Waals surface area contributed by atoms with Gasteiger partial charge in [-0.15, -0.1) is 0 Å². The van der Waals surface area contributed by atoms with Gasteiger partial charge in [-0.3, -0.25) is 0 Å². The van der Waals surface area contributed by atoms with Crippen molar-refractivity contribution in [3.63, 3.8) is 0 Å². The molecule has 2 heteroatoms. The minimum atomic E-state index is -0.903. The van der Waals surface area contributed by atoms with Gasteiger partial charge in [-0.05, 0) is 12.3 Å². The Morgan fingerprint density at radius 3 is 1.81 bits per heavy atom. The summed E-state index contributed by atoms with van der Waals surface area (Å²) in [5, 5.41) is 10.5. The van der Waals surface area contributed by atoms with Crippen molar-refractivity contribution < 1.29 is 9.90 Å². The highest BCUT2D eigenvalue weighted by atomic mass is 16.4. The van der Waals surface area contributed by atoms with Crippen molar-refractivity contribution in [1.82, 2.24) is 0 Å². The first kappa shape index (κ1) is 15.5. The number of rotatable bonds is 11. The van der Waals surface area contributed by atoms with Gasteiger partial charge in [0.1, 0.15) is 0 Å². The lowest BCUT2D eigenvalue weighted by Crippen LogP contribution is -2.29. The first-order chi connectivity index (χ1) is 7.68. The summed E-state index contributed by atoms with van der Waals surface area (Å²) in [4.78, 5) is 10.5. The van der Waals surface area contributed by atoms with E-state index < -0.39 is 5.97 Å². The van der Waals surface area contributed by atoms with E-state index in [9.17, 15) is 9.90 Å². The van der Waals surface area contributed by atoms with Crippen molar-refractivity contribution in [1.29, 1.82) is 0 Å². The Morgan fingerprint density at radius 1 is 0.938 bits per heavy atom. The Balaban J connectivity index is 3.07. The second-order valence-corrected chi connectivity index (χ2v) is 4.84. The first-order valence-electron chi connectivity index (χ1n) is 6.89. The highest BCUT2D eigenvalue weighted by Crippen LogP contribution is 2.12. The van der Waals surface area contributed by atoms with Gasteiger partial charge in [-0.25, -0.2) is 0 Å². The molecule has 0 fully saturated rings. The molecule has 2 nitrogen and oxygen atoms in total. The molecule has 0 aromatic rings. The van der Waals surface area contributed by atoms with E-state index in [0.29, 0.717) is 0 Å². The molecular weight excluding hydrogens is 200 g/mol. The topological polar surface area (TPSA) is 40.1 Å². The standard InChI is InChI=1S/C14H28O2/c1-3-4-5-6-7-8-9-10-11-12-13(2)14(15)16/h13H,3-12H2,1-2H3,(H,15,16)/p-1. The van der Waals surface area contributed by atoms with Gasteiger partial charge in [0.05, 0.1) is 0 Å². The zero-order chi connectivity index (χ0) is 12.2. The fourth-order valence-corrected chi connectivity index (χ4v) is 1.88. The molecule has 0 aliphatic heterocycles. The Hall–Kier alpha value is -0.530. The van der Waals surface area contributed by atoms with E-state index in [1.54, 1.807) is 6.92 Å². The van der Waals surface area contributed by atoms with Crippen molar-refractivity contribution >= 4 is 5.97 Å². The summed E-state index contributed by atoms with van der Waals surface area (Å²) in [6.07, 6.45) is 12.3. The highest BCUT2D eigenvalue weighted by molar-refractivity contribution is 5.66. The maximum Gasteiger partial charge on any atom is 0.0442 e. The molecule has 0 aromatic heterocycles. The van der Waals surface area contributed by atoms with Gasteiger partial charge in [-0.2, -0.15) is 0 Å². The molecule has 0 radical (unpaired) electrons. The number of aliphatic carboxylic acids is 1. The van der Waals surface area contributed by atoms with Gasteiger partial charge in [-0.1, -0.05) is 71.6 Å². The largest absolute Gasteiger partial charge is 0.550 e. The summed E-state index contributed by atoms with van der Waals surface area (Å²) in [5.41, 5.74) is 0. The molecule has 96 valence electrons. The Bertz CT molecular complexity index is 166. The van der Waals surface area contributed by atoms with E-state index in [1.165, 1.54) is 51.4 Å². The number of unbranched alkanes of at least 4 members (excludes halogenated alkanes) is 8. The summed E-state index contributed by atoms with van der Waals surface area (Å²) in [6, 6.07) is 0. The van der Waals surface area contributed by atoms with Crippen LogP contribution in [0.1, 0.15) is 78.1 Å². The van der Waals surface area contributed by atoms with Crippen LogP contribution in [-0.2, 0) is 4.79 Å². The average Bonchev–Trinajstić information content (AvgIpc) is 2.26. The molecule has 0 heterocycles. The zero-order valence-corrected chi connectivity index (χ0v) is 11.0. The predicted molar refractivity (Wildman–Crippen MR) is 66.0 cm³/mol. The van der Waals surface area contributed by atoms with Crippen LogP contribution in [0.3, 0.4) is 0 Å². The predicted octanol–water partition coefficient (Wildman–Crippen LogP) is 3.29. The Morgan fingerprint density at radius 2 is 1.38 bits per heavy atom. The Kier molecular flexibility index (Phi) is 10.6. The van der Waals surface area contributed by atoms with Crippen molar-refractivity contribution in [3.8, 4) is 0 Å². The van der Waals surface area contributed by atoms with Crippen LogP contribution >= 0.6 is 0 Å². The van der Waals surface area contributed by atoms with Crippen LogP contribution in [0.2, 0.25) is 0 Å². The smallest absolute Gasteiger partial charge is 0.0442 e. The lowest BCUT2D eigenvalue weighted by atomic mass is 10.0. The van der Waals surface area contributed by atoms with Gasteiger partial charge < -0.3 is 9.90 Å². The van der Waals surface area contributed by atoms with Crippen LogP contribution in [0.15, 0.2) is 0 Å². The van der Waals surface area contributed by atoms with E-state index in [1.807, 2.05) is 0 Å². The third kappa shape index (κ3) is 10.0. The number of hydrogen-bond donors (Lipinski definition) is 0. The average molecular weight is 227 g/mol. The van der Waals surface area contributed by atoms with Gasteiger partial charge in [0.2, 0.25) is 0 Å². The first-order valence-corrected chi connectivity index (χ1v) is 6.89. The molecule has 0 bridgehead atoms. The SMILES string of the molecule is CCCCCCCCCCCC(C)C(=O)[O-]. The molecule has 0 aromatic carbocycles. The third-order valence-electron chi connectivity index (χ3n) is 3.14. The fraction of sp³-hybridized carbons (Fsp3) is 0.929. The number of carboxylic acids is 1. The summed E-state index contributed by atoms with van der Waals surface area (Å²) < 4.78 is 0. The van der Waals surface area contributed by atoms with E-state index >= 15 is 0 Å². The number of carbonyl (C=O) groups excluding carboxylic acids is 1. The molecular formula is C14H27O2-. The lowest BCUT2D eigenvalue weighted by Gasteiger charge is -2.11. The number of carboxylic acid groups (broad SMARTS) is 1. The van der Waals surface area contributed by atoms with E-state index in [-0.39, 0.29) is 5.92 Å². The second kappa shape index (κ2) is 11.0. The fourth-order valence-electron chi connectivity index (χ4n) is 1.88. The van der Waals surface area contributed by atoms with Gasteiger partial charge in [0, 0.05) is 5.97 Å². The summed E-state index contributed by atoms with van der Waals surface area (Å²) in [5.74, 6) is -1.18. The molecule has 0 amide bonds. The molecule has 1 unspecified atom stereocenters. The summed E-state index contributed by atoms with van der Waals surface area (Å²) in [7, 11) is 0. The van der Waals surface area contributed by atoms with Crippen molar-refractivity contribution in [3.05, 3.63) is 0 Å². The molecule has 0 aliphatic rings. The quantitative estimate of drug-likeness (QED) is 0.508. The van der Waals surface area contributed by atoms with Crippen LogP contribution < -0.4 is 5.11 Å². The molecule has 0 rings (SSSR count). The van der Waals surface area contributed by atoms with Crippen LogP contribution in [0.5, 0.6) is 0 Å². The maximum absolute atomic E-state index is 10.5. The van der Waals surface area contributed by atoms with Crippen LogP contribution in [0, 0.1) is 5.92 Å². The second-order valence-electron chi connectivity index (χ2n) is 4.84. The third-order valence-corrected chi connectivity index (χ3v) is 3.14. The van der Waals surface area contributed by atoms with Crippen LogP contribution in [-0.4, -0.2) is 5.97 Å². The molecule has 1 atom stereocenters. The van der Waals surface area contributed by atoms with Crippen molar-refractivity contribution in [2.45, 2.75) is 78.1 Å². The molecule has 0 N–H and O–H groups in total. The highest BCUT2D eigenvalue weighted by Gasteiger charge is 2.01. The zero-order valence-electron chi connectivity index (χ0n) is 11.0. The minimum absolute atomic E-state index is 0.274. The summed E-state index contributed by atoms with van der Waals surface area (Å²) in [6.45, 7) is 3.97. The van der Waals surface area contributed by atoms with Crippen molar-refractivity contribution in [2.24, 2.45) is 5.92 Å². The molecule has 0 aliphatic carbocycles. The lowest BCUT2D eigenvalue weighted by molar-refractivity contribution is -0.311. The Labute approximate surface area is 100 Å². The maximum atomic E-state index is 10.5. The van der Waals surface area contributed by atoms with E-state index in [0.717, 1.165) is 12.8 Å². The van der Waals surface area contributed by atoms with E-state index in [4.69, 9.17) is 0 Å². The van der Waals surface area contributed by atoms with Crippen LogP contribution in [0.4, 0.5) is 0 Å². The monoisotopic (exact) mass is 227 g/mol. The van der Waals surface area contributed by atoms with Gasteiger partial charge in [0.15, 0.2) is 0 Å². The summed E-state index contributed by atoms with van der Waals surface area (Å²) >= 11 is 0. The normalized spacial score (nSPS) is 12.6. The molecule has 0 spiro atoms. The van der Waals surface area contributed by atoms with Gasteiger partial charge >= 0.3 is 0 Å². The minimum Gasteiger partial charge on any atom is -0.550 e. The molecule has 16 heavy (non-hydrogen) atoms. The van der Waals surface area contributed by atoms with Crippen molar-refractivity contribution in [2.75, 3.05) is 0 Å². The number of hydrogen-bond acceptors (Lipinski definition) is 2. The van der Waals surface area contributed by atoms with Crippen LogP contribution in [0.25, 0.3) is 0 Å². The van der Waals surface area contributed by atoms with Gasteiger partial charge in [0.25, 0.3) is 0 Å².